The van der Waals surface area contributed by atoms with Crippen LogP contribution < -0.4 is 5.32 Å². The van der Waals surface area contributed by atoms with Crippen LogP contribution in [-0.4, -0.2) is 32.0 Å². The molecule has 0 amide bonds. The van der Waals surface area contributed by atoms with Gasteiger partial charge in [-0.1, -0.05) is 6.92 Å². The van der Waals surface area contributed by atoms with Gasteiger partial charge in [-0.05, 0) is 39.2 Å². The lowest BCUT2D eigenvalue weighted by Crippen LogP contribution is -2.29. The molecule has 0 bridgehead atoms. The van der Waals surface area contributed by atoms with E-state index in [1.165, 1.54) is 0 Å². The van der Waals surface area contributed by atoms with Crippen LogP contribution in [0.2, 0.25) is 0 Å². The van der Waals surface area contributed by atoms with Crippen molar-refractivity contribution in [2.75, 3.05) is 19.8 Å². The van der Waals surface area contributed by atoms with Gasteiger partial charge >= 0.3 is 6.18 Å². The summed E-state index contributed by atoms with van der Waals surface area (Å²) in [6, 6.07) is 0.183. The predicted molar refractivity (Wildman–Crippen MR) is 63.1 cm³/mol. The summed E-state index contributed by atoms with van der Waals surface area (Å²) in [6.45, 7) is 6.09. The maximum absolute atomic E-state index is 12.0. The van der Waals surface area contributed by atoms with Crippen LogP contribution in [0.15, 0.2) is 0 Å². The molecule has 2 nitrogen and oxygen atoms in total. The quantitative estimate of drug-likeness (QED) is 0.603. The van der Waals surface area contributed by atoms with Gasteiger partial charge in [0.1, 0.15) is 0 Å². The predicted octanol–water partition coefficient (Wildman–Crippen LogP) is 3.51. The highest BCUT2D eigenvalue weighted by Gasteiger charge is 2.26. The second kappa shape index (κ2) is 9.71. The molecule has 17 heavy (non-hydrogen) atoms. The lowest BCUT2D eigenvalue weighted by molar-refractivity contribution is -0.135. The van der Waals surface area contributed by atoms with Gasteiger partial charge in [0, 0.05) is 25.7 Å². The van der Waals surface area contributed by atoms with E-state index in [1.54, 1.807) is 0 Å². The zero-order chi connectivity index (χ0) is 13.1. The third-order valence-corrected chi connectivity index (χ3v) is 2.55. The molecule has 5 heteroatoms. The Morgan fingerprint density at radius 3 is 2.29 bits per heavy atom. The van der Waals surface area contributed by atoms with Crippen LogP contribution in [0.25, 0.3) is 0 Å². The summed E-state index contributed by atoms with van der Waals surface area (Å²) in [4.78, 5) is 0. The third kappa shape index (κ3) is 12.0. The van der Waals surface area contributed by atoms with Crippen LogP contribution in [0.4, 0.5) is 13.2 Å². The van der Waals surface area contributed by atoms with Gasteiger partial charge in [0.25, 0.3) is 0 Å². The van der Waals surface area contributed by atoms with E-state index in [0.29, 0.717) is 19.6 Å². The second-order valence-electron chi connectivity index (χ2n) is 4.10. The summed E-state index contributed by atoms with van der Waals surface area (Å²) in [5.74, 6) is 0. The Labute approximate surface area is 102 Å². The van der Waals surface area contributed by atoms with Gasteiger partial charge in [0.15, 0.2) is 0 Å². The Balaban J connectivity index is 3.66. The average molecular weight is 255 g/mol. The molecule has 0 aromatic heterocycles. The van der Waals surface area contributed by atoms with Gasteiger partial charge in [-0.3, -0.25) is 0 Å². The van der Waals surface area contributed by atoms with Gasteiger partial charge in [-0.15, -0.1) is 0 Å². The summed E-state index contributed by atoms with van der Waals surface area (Å²) in [5.41, 5.74) is 0. The fraction of sp³-hybridized carbons (Fsp3) is 1.00. The largest absolute Gasteiger partial charge is 0.389 e. The van der Waals surface area contributed by atoms with Crippen LogP contribution in [0.5, 0.6) is 0 Å². The smallest absolute Gasteiger partial charge is 0.382 e. The summed E-state index contributed by atoms with van der Waals surface area (Å²) < 4.78 is 41.2. The number of ether oxygens (including phenoxy) is 1. The molecule has 0 aliphatic rings. The highest BCUT2D eigenvalue weighted by Crippen LogP contribution is 2.23. The topological polar surface area (TPSA) is 21.3 Å². The number of hydrogen-bond acceptors (Lipinski definition) is 2. The van der Waals surface area contributed by atoms with Crippen LogP contribution >= 0.6 is 0 Å². The van der Waals surface area contributed by atoms with E-state index in [4.69, 9.17) is 4.74 Å². The summed E-state index contributed by atoms with van der Waals surface area (Å²) in [7, 11) is 0. The Morgan fingerprint density at radius 2 is 1.76 bits per heavy atom. The van der Waals surface area contributed by atoms with Gasteiger partial charge in [-0.2, -0.15) is 13.2 Å². The molecule has 0 aromatic carbocycles. The summed E-state index contributed by atoms with van der Waals surface area (Å²) in [5, 5.41) is 3.22. The van der Waals surface area contributed by atoms with Crippen molar-refractivity contribution in [3.8, 4) is 0 Å². The molecular formula is C12H24F3NO. The first-order valence-corrected chi connectivity index (χ1v) is 6.37. The Morgan fingerprint density at radius 1 is 1.12 bits per heavy atom. The number of halogens is 3. The molecular weight excluding hydrogens is 231 g/mol. The van der Waals surface area contributed by atoms with Crippen molar-refractivity contribution in [1.29, 1.82) is 0 Å². The zero-order valence-electron chi connectivity index (χ0n) is 10.8. The third-order valence-electron chi connectivity index (χ3n) is 2.55. The van der Waals surface area contributed by atoms with Crippen molar-refractivity contribution in [1.82, 2.24) is 5.32 Å². The lowest BCUT2D eigenvalue weighted by Gasteiger charge is -2.18. The molecule has 0 saturated carbocycles. The molecule has 0 aliphatic heterocycles. The maximum Gasteiger partial charge on any atom is 0.389 e. The molecule has 0 aromatic rings. The minimum atomic E-state index is -4.03. The first-order valence-electron chi connectivity index (χ1n) is 6.37. The SMILES string of the molecule is CCNC(CCCOCC)CCCC(F)(F)F. The minimum Gasteiger partial charge on any atom is -0.382 e. The van der Waals surface area contributed by atoms with Gasteiger partial charge in [0.05, 0.1) is 0 Å². The van der Waals surface area contributed by atoms with E-state index < -0.39 is 12.6 Å². The maximum atomic E-state index is 12.0. The molecule has 0 aliphatic carbocycles. The zero-order valence-corrected chi connectivity index (χ0v) is 10.8. The van der Waals surface area contributed by atoms with E-state index in [2.05, 4.69) is 5.32 Å². The molecule has 0 heterocycles. The fourth-order valence-corrected chi connectivity index (χ4v) is 1.76. The number of nitrogens with one attached hydrogen (secondary N) is 1. The van der Waals surface area contributed by atoms with E-state index >= 15 is 0 Å². The average Bonchev–Trinajstić information content (AvgIpc) is 2.22. The van der Waals surface area contributed by atoms with Crippen molar-refractivity contribution >= 4 is 0 Å². The van der Waals surface area contributed by atoms with Crippen LogP contribution in [0.3, 0.4) is 0 Å². The number of hydrogen-bond donors (Lipinski definition) is 1. The number of rotatable bonds is 10. The Bertz CT molecular complexity index is 174. The minimum absolute atomic E-state index is 0.183. The number of alkyl halides is 3. The first-order chi connectivity index (χ1) is 7.99. The van der Waals surface area contributed by atoms with Crippen LogP contribution in [0.1, 0.15) is 46.0 Å². The lowest BCUT2D eigenvalue weighted by atomic mass is 10.0. The molecule has 0 rings (SSSR count). The molecule has 1 unspecified atom stereocenters. The molecule has 1 N–H and O–H groups in total. The van der Waals surface area contributed by atoms with Gasteiger partial charge in [-0.25, -0.2) is 0 Å². The molecule has 0 spiro atoms. The van der Waals surface area contributed by atoms with Gasteiger partial charge in [0.2, 0.25) is 0 Å². The van der Waals surface area contributed by atoms with E-state index in [9.17, 15) is 13.2 Å². The van der Waals surface area contributed by atoms with E-state index in [-0.39, 0.29) is 12.5 Å². The summed E-state index contributed by atoms with van der Waals surface area (Å²) in [6.07, 6.45) is -2.14. The molecule has 0 radical (unpaired) electrons. The highest BCUT2D eigenvalue weighted by atomic mass is 19.4. The monoisotopic (exact) mass is 255 g/mol. The molecule has 0 fully saturated rings. The molecule has 0 saturated heterocycles. The Kier molecular flexibility index (Phi) is 9.55. The van der Waals surface area contributed by atoms with Crippen molar-refractivity contribution < 1.29 is 17.9 Å². The van der Waals surface area contributed by atoms with Crippen LogP contribution in [0, 0.1) is 0 Å². The van der Waals surface area contributed by atoms with Crippen molar-refractivity contribution in [2.45, 2.75) is 58.2 Å². The second-order valence-corrected chi connectivity index (χ2v) is 4.10. The van der Waals surface area contributed by atoms with Crippen molar-refractivity contribution in [3.63, 3.8) is 0 Å². The molecule has 1 atom stereocenters. The standard InChI is InChI=1S/C12H24F3NO/c1-3-16-11(8-6-10-17-4-2)7-5-9-12(13,14)15/h11,16H,3-10H2,1-2H3. The van der Waals surface area contributed by atoms with Crippen molar-refractivity contribution in [2.24, 2.45) is 0 Å². The summed E-state index contributed by atoms with van der Waals surface area (Å²) >= 11 is 0. The highest BCUT2D eigenvalue weighted by molar-refractivity contribution is 4.67. The van der Waals surface area contributed by atoms with E-state index in [0.717, 1.165) is 19.4 Å². The normalized spacial score (nSPS) is 13.9. The van der Waals surface area contributed by atoms with Gasteiger partial charge < -0.3 is 10.1 Å². The van der Waals surface area contributed by atoms with E-state index in [1.807, 2.05) is 13.8 Å². The fourth-order valence-electron chi connectivity index (χ4n) is 1.76. The first kappa shape index (κ1) is 16.7. The molecule has 104 valence electrons. The Hall–Kier alpha value is -0.290. The van der Waals surface area contributed by atoms with Crippen molar-refractivity contribution in [3.05, 3.63) is 0 Å². The van der Waals surface area contributed by atoms with Crippen LogP contribution in [-0.2, 0) is 4.74 Å².